The van der Waals surface area contributed by atoms with E-state index in [0.717, 1.165) is 24.8 Å². The Morgan fingerprint density at radius 3 is 2.42 bits per heavy atom. The first-order valence-corrected chi connectivity index (χ1v) is 9.30. The molecule has 0 aliphatic heterocycles. The smallest absolute Gasteiger partial charge is 0.220 e. The van der Waals surface area contributed by atoms with Gasteiger partial charge in [-0.05, 0) is 30.5 Å². The van der Waals surface area contributed by atoms with Gasteiger partial charge in [-0.2, -0.15) is 0 Å². The van der Waals surface area contributed by atoms with Gasteiger partial charge >= 0.3 is 0 Å². The van der Waals surface area contributed by atoms with Gasteiger partial charge in [0.15, 0.2) is 11.5 Å². The van der Waals surface area contributed by atoms with Crippen LogP contribution >= 0.6 is 0 Å². The highest BCUT2D eigenvalue weighted by molar-refractivity contribution is 5.75. The first-order valence-electron chi connectivity index (χ1n) is 9.30. The number of hydrogen-bond acceptors (Lipinski definition) is 3. The minimum absolute atomic E-state index is 0.131. The predicted octanol–water partition coefficient (Wildman–Crippen LogP) is 4.59. The van der Waals surface area contributed by atoms with Crippen LogP contribution in [0, 0.1) is 0 Å². The first-order chi connectivity index (χ1) is 11.7. The predicted molar refractivity (Wildman–Crippen MR) is 98.6 cm³/mol. The number of rotatable bonds is 13. The third-order valence-electron chi connectivity index (χ3n) is 4.24. The lowest BCUT2D eigenvalue weighted by atomic mass is 10.1. The number of unbranched alkanes of at least 4 members (excludes halogenated alkanes) is 7. The topological polar surface area (TPSA) is 58.6 Å². The zero-order chi connectivity index (χ0) is 17.6. The second-order valence-corrected chi connectivity index (χ2v) is 6.33. The molecule has 4 heteroatoms. The van der Waals surface area contributed by atoms with Gasteiger partial charge < -0.3 is 15.2 Å². The van der Waals surface area contributed by atoms with Crippen LogP contribution in [0.5, 0.6) is 11.5 Å². The molecule has 4 nitrogen and oxygen atoms in total. The first kappa shape index (κ1) is 20.3. The number of carbonyl (C=O) groups is 1. The van der Waals surface area contributed by atoms with Crippen molar-refractivity contribution in [2.75, 3.05) is 13.7 Å². The maximum atomic E-state index is 11.8. The summed E-state index contributed by atoms with van der Waals surface area (Å²) >= 11 is 0. The fraction of sp³-hybridized carbons (Fsp3) is 0.650. The van der Waals surface area contributed by atoms with Crippen molar-refractivity contribution in [1.29, 1.82) is 0 Å². The van der Waals surface area contributed by atoms with Crippen molar-refractivity contribution in [3.05, 3.63) is 23.8 Å². The van der Waals surface area contributed by atoms with E-state index >= 15 is 0 Å². The number of methoxy groups -OCH3 is 1. The zero-order valence-corrected chi connectivity index (χ0v) is 15.3. The van der Waals surface area contributed by atoms with E-state index in [2.05, 4.69) is 12.2 Å². The van der Waals surface area contributed by atoms with Crippen LogP contribution in [0.3, 0.4) is 0 Å². The van der Waals surface area contributed by atoms with Crippen molar-refractivity contribution >= 4 is 5.91 Å². The summed E-state index contributed by atoms with van der Waals surface area (Å²) in [5, 5.41) is 12.5. The van der Waals surface area contributed by atoms with Crippen LogP contribution in [0.25, 0.3) is 0 Å². The number of amides is 1. The summed E-state index contributed by atoms with van der Waals surface area (Å²) in [5.41, 5.74) is 1.04. The van der Waals surface area contributed by atoms with Gasteiger partial charge in [-0.15, -0.1) is 0 Å². The molecule has 0 heterocycles. The number of phenolic OH excluding ortho intramolecular Hbond substituents is 1. The standard InChI is InChI=1S/C20H33NO3/c1-3-4-5-6-7-8-9-10-11-20(23)21-15-14-17-12-13-18(22)19(16-17)24-2/h12-13,16,22H,3-11,14-15H2,1-2H3,(H,21,23). The molecule has 1 aromatic carbocycles. The zero-order valence-electron chi connectivity index (χ0n) is 15.3. The molecule has 0 aliphatic carbocycles. The van der Waals surface area contributed by atoms with Gasteiger partial charge in [-0.1, -0.05) is 57.9 Å². The van der Waals surface area contributed by atoms with E-state index < -0.39 is 0 Å². The van der Waals surface area contributed by atoms with Crippen molar-refractivity contribution in [1.82, 2.24) is 5.32 Å². The maximum absolute atomic E-state index is 11.8. The fourth-order valence-electron chi connectivity index (χ4n) is 2.73. The van der Waals surface area contributed by atoms with Crippen LogP contribution in [0.15, 0.2) is 18.2 Å². The number of benzene rings is 1. The molecule has 0 aliphatic rings. The molecule has 1 rings (SSSR count). The van der Waals surface area contributed by atoms with Crippen LogP contribution in [0.4, 0.5) is 0 Å². The lowest BCUT2D eigenvalue weighted by Crippen LogP contribution is -2.25. The summed E-state index contributed by atoms with van der Waals surface area (Å²) in [6.07, 6.45) is 11.3. The van der Waals surface area contributed by atoms with Gasteiger partial charge in [0.1, 0.15) is 0 Å². The van der Waals surface area contributed by atoms with E-state index in [1.807, 2.05) is 6.07 Å². The van der Waals surface area contributed by atoms with Gasteiger partial charge in [0.25, 0.3) is 0 Å². The lowest BCUT2D eigenvalue weighted by molar-refractivity contribution is -0.121. The molecule has 0 spiro atoms. The van der Waals surface area contributed by atoms with Crippen molar-refractivity contribution in [2.45, 2.75) is 71.1 Å². The Bertz CT molecular complexity index is 474. The average Bonchev–Trinajstić information content (AvgIpc) is 2.58. The van der Waals surface area contributed by atoms with E-state index in [1.54, 1.807) is 12.1 Å². The molecule has 0 bridgehead atoms. The number of phenols is 1. The highest BCUT2D eigenvalue weighted by atomic mass is 16.5. The van der Waals surface area contributed by atoms with Gasteiger partial charge in [0.05, 0.1) is 7.11 Å². The van der Waals surface area contributed by atoms with E-state index in [9.17, 15) is 9.90 Å². The van der Waals surface area contributed by atoms with E-state index in [-0.39, 0.29) is 11.7 Å². The Morgan fingerprint density at radius 1 is 1.08 bits per heavy atom. The molecule has 0 radical (unpaired) electrons. The second kappa shape index (κ2) is 12.7. The van der Waals surface area contributed by atoms with Crippen molar-refractivity contribution in [3.8, 4) is 11.5 Å². The Hall–Kier alpha value is -1.71. The molecule has 0 fully saturated rings. The molecule has 0 unspecified atom stereocenters. The molecule has 2 N–H and O–H groups in total. The van der Waals surface area contributed by atoms with E-state index in [4.69, 9.17) is 4.74 Å². The number of nitrogens with one attached hydrogen (secondary N) is 1. The highest BCUT2D eigenvalue weighted by Crippen LogP contribution is 2.26. The van der Waals surface area contributed by atoms with Gasteiger partial charge in [0, 0.05) is 13.0 Å². The monoisotopic (exact) mass is 335 g/mol. The fourth-order valence-corrected chi connectivity index (χ4v) is 2.73. The molecule has 24 heavy (non-hydrogen) atoms. The minimum atomic E-state index is 0.131. The van der Waals surface area contributed by atoms with Gasteiger partial charge in [0.2, 0.25) is 5.91 Å². The molecule has 1 amide bonds. The highest BCUT2D eigenvalue weighted by Gasteiger charge is 2.04. The SMILES string of the molecule is CCCCCCCCCCC(=O)NCCc1ccc(O)c(OC)c1. The van der Waals surface area contributed by atoms with Crippen LogP contribution < -0.4 is 10.1 Å². The Kier molecular flexibility index (Phi) is 10.7. The van der Waals surface area contributed by atoms with E-state index in [1.165, 1.54) is 45.6 Å². The van der Waals surface area contributed by atoms with Crippen LogP contribution in [0.2, 0.25) is 0 Å². The normalized spacial score (nSPS) is 10.6. The van der Waals surface area contributed by atoms with Gasteiger partial charge in [-0.3, -0.25) is 4.79 Å². The number of carbonyl (C=O) groups excluding carboxylic acids is 1. The quantitative estimate of drug-likeness (QED) is 0.518. The Labute approximate surface area is 146 Å². The summed E-state index contributed by atoms with van der Waals surface area (Å²) in [6, 6.07) is 5.28. The molecule has 0 aromatic heterocycles. The summed E-state index contributed by atoms with van der Waals surface area (Å²) in [4.78, 5) is 11.8. The molecular weight excluding hydrogens is 302 g/mol. The number of ether oxygens (including phenoxy) is 1. The van der Waals surface area contributed by atoms with E-state index in [0.29, 0.717) is 18.7 Å². The summed E-state index contributed by atoms with van der Waals surface area (Å²) < 4.78 is 5.08. The van der Waals surface area contributed by atoms with Gasteiger partial charge in [-0.25, -0.2) is 0 Å². The minimum Gasteiger partial charge on any atom is -0.504 e. The molecule has 0 saturated carbocycles. The summed E-state index contributed by atoms with van der Waals surface area (Å²) in [7, 11) is 1.53. The van der Waals surface area contributed by atoms with Crippen molar-refractivity contribution in [3.63, 3.8) is 0 Å². The molecule has 0 atom stereocenters. The lowest BCUT2D eigenvalue weighted by Gasteiger charge is -2.08. The van der Waals surface area contributed by atoms with Crippen molar-refractivity contribution < 1.29 is 14.6 Å². The van der Waals surface area contributed by atoms with Crippen LogP contribution in [-0.4, -0.2) is 24.7 Å². The summed E-state index contributed by atoms with van der Waals surface area (Å²) in [6.45, 7) is 2.85. The molecule has 1 aromatic rings. The molecule has 136 valence electrons. The largest absolute Gasteiger partial charge is 0.504 e. The Morgan fingerprint density at radius 2 is 1.75 bits per heavy atom. The third-order valence-corrected chi connectivity index (χ3v) is 4.24. The van der Waals surface area contributed by atoms with Crippen molar-refractivity contribution in [2.24, 2.45) is 0 Å². The van der Waals surface area contributed by atoms with Crippen LogP contribution in [0.1, 0.15) is 70.3 Å². The maximum Gasteiger partial charge on any atom is 0.220 e. The molecular formula is C20H33NO3. The average molecular weight is 335 g/mol. The Balaban J connectivity index is 2.06. The molecule has 0 saturated heterocycles. The second-order valence-electron chi connectivity index (χ2n) is 6.33. The van der Waals surface area contributed by atoms with Crippen LogP contribution in [-0.2, 0) is 11.2 Å². The summed E-state index contributed by atoms with van der Waals surface area (Å²) in [5.74, 6) is 0.740. The number of hydrogen-bond donors (Lipinski definition) is 2. The number of aromatic hydroxyl groups is 1. The third kappa shape index (κ3) is 8.80.